The summed E-state index contributed by atoms with van der Waals surface area (Å²) < 4.78 is 1.22. The molecule has 0 aromatic carbocycles. The van der Waals surface area contributed by atoms with Crippen LogP contribution in [0, 0.1) is 11.8 Å². The van der Waals surface area contributed by atoms with Gasteiger partial charge in [-0.25, -0.2) is 0 Å². The van der Waals surface area contributed by atoms with Crippen LogP contribution < -0.4 is 5.32 Å². The van der Waals surface area contributed by atoms with Crippen LogP contribution in [0.4, 0.5) is 0 Å². The van der Waals surface area contributed by atoms with Crippen LogP contribution in [0.25, 0.3) is 0 Å². The molecule has 2 fully saturated rings. The molecule has 4 heteroatoms. The van der Waals surface area contributed by atoms with E-state index in [-0.39, 0.29) is 0 Å². The number of fused-ring (bicyclic) bond motifs is 1. The third-order valence-electron chi connectivity index (χ3n) is 4.89. The number of nitrogens with one attached hydrogen (secondary N) is 1. The summed E-state index contributed by atoms with van der Waals surface area (Å²) >= 11 is 5.44. The summed E-state index contributed by atoms with van der Waals surface area (Å²) in [5, 5.41) is 5.74. The molecular formula is C14H21BrN2S. The number of hydrogen-bond acceptors (Lipinski definition) is 3. The van der Waals surface area contributed by atoms with Crippen LogP contribution in [-0.4, -0.2) is 30.1 Å². The number of likely N-dealkylation sites (tertiary alicyclic amines) is 1. The molecule has 1 aromatic heterocycles. The largest absolute Gasteiger partial charge is 0.316 e. The first kappa shape index (κ1) is 13.1. The molecule has 3 unspecified atom stereocenters. The molecule has 0 saturated carbocycles. The average Bonchev–Trinajstić information content (AvgIpc) is 2.96. The van der Waals surface area contributed by atoms with Gasteiger partial charge in [0.15, 0.2) is 0 Å². The highest BCUT2D eigenvalue weighted by Crippen LogP contribution is 2.45. The average molecular weight is 329 g/mol. The highest BCUT2D eigenvalue weighted by molar-refractivity contribution is 9.10. The molecule has 3 atom stereocenters. The molecule has 1 N–H and O–H groups in total. The van der Waals surface area contributed by atoms with Crippen molar-refractivity contribution in [2.24, 2.45) is 11.8 Å². The minimum absolute atomic E-state index is 0.310. The van der Waals surface area contributed by atoms with E-state index in [9.17, 15) is 0 Å². The Morgan fingerprint density at radius 3 is 2.89 bits per heavy atom. The summed E-state index contributed by atoms with van der Waals surface area (Å²) in [6, 6.07) is 2.81. The molecule has 2 aliphatic rings. The van der Waals surface area contributed by atoms with Gasteiger partial charge in [0.05, 0.1) is 0 Å². The van der Waals surface area contributed by atoms with Crippen molar-refractivity contribution in [3.63, 3.8) is 0 Å². The number of hydrogen-bond donors (Lipinski definition) is 1. The smallest absolute Gasteiger partial charge is 0.0419 e. The second kappa shape index (κ2) is 4.58. The highest BCUT2D eigenvalue weighted by atomic mass is 79.9. The van der Waals surface area contributed by atoms with E-state index < -0.39 is 0 Å². The molecule has 2 saturated heterocycles. The lowest BCUT2D eigenvalue weighted by molar-refractivity contribution is 0.0987. The molecule has 18 heavy (non-hydrogen) atoms. The fourth-order valence-electron chi connectivity index (χ4n) is 3.81. The first-order valence-corrected chi connectivity index (χ1v) is 8.39. The van der Waals surface area contributed by atoms with Crippen LogP contribution >= 0.6 is 27.3 Å². The zero-order chi connectivity index (χ0) is 12.9. The van der Waals surface area contributed by atoms with E-state index in [1.165, 1.54) is 29.0 Å². The Morgan fingerprint density at radius 1 is 1.50 bits per heavy atom. The van der Waals surface area contributed by atoms with Crippen LogP contribution in [0.5, 0.6) is 0 Å². The molecule has 0 amide bonds. The van der Waals surface area contributed by atoms with E-state index in [0.717, 1.165) is 11.8 Å². The van der Waals surface area contributed by atoms with Crippen molar-refractivity contribution in [1.29, 1.82) is 0 Å². The lowest BCUT2D eigenvalue weighted by atomic mass is 9.84. The maximum atomic E-state index is 3.57. The van der Waals surface area contributed by atoms with E-state index in [1.54, 1.807) is 0 Å². The van der Waals surface area contributed by atoms with Crippen molar-refractivity contribution >= 4 is 27.3 Å². The third kappa shape index (κ3) is 1.98. The van der Waals surface area contributed by atoms with E-state index in [4.69, 9.17) is 0 Å². The summed E-state index contributed by atoms with van der Waals surface area (Å²) in [6.07, 6.45) is 0. The van der Waals surface area contributed by atoms with Gasteiger partial charge in [0.2, 0.25) is 0 Å². The summed E-state index contributed by atoms with van der Waals surface area (Å²) in [7, 11) is 0. The molecule has 2 aliphatic heterocycles. The quantitative estimate of drug-likeness (QED) is 0.893. The van der Waals surface area contributed by atoms with Gasteiger partial charge in [-0.2, -0.15) is 0 Å². The summed E-state index contributed by atoms with van der Waals surface area (Å²) in [6.45, 7) is 10.8. The molecule has 0 spiro atoms. The summed E-state index contributed by atoms with van der Waals surface area (Å²) in [5.74, 6) is 1.65. The number of thiophene rings is 1. The van der Waals surface area contributed by atoms with Crippen molar-refractivity contribution < 1.29 is 0 Å². The predicted octanol–water partition coefficient (Wildman–Crippen LogP) is 3.50. The van der Waals surface area contributed by atoms with Crippen molar-refractivity contribution in [2.75, 3.05) is 19.6 Å². The maximum Gasteiger partial charge on any atom is 0.0419 e. The maximum absolute atomic E-state index is 3.57. The second-order valence-corrected chi connectivity index (χ2v) is 8.03. The van der Waals surface area contributed by atoms with E-state index in [2.05, 4.69) is 58.4 Å². The number of halogens is 1. The van der Waals surface area contributed by atoms with Gasteiger partial charge < -0.3 is 5.32 Å². The van der Waals surface area contributed by atoms with E-state index in [1.807, 2.05) is 11.3 Å². The number of rotatable bonds is 2. The van der Waals surface area contributed by atoms with E-state index >= 15 is 0 Å². The molecule has 0 bridgehead atoms. The third-order valence-corrected chi connectivity index (χ3v) is 6.75. The second-order valence-electron chi connectivity index (χ2n) is 6.17. The fraction of sp³-hybridized carbons (Fsp3) is 0.714. The molecular weight excluding hydrogens is 308 g/mol. The number of nitrogens with zero attached hydrogens (tertiary/aromatic N) is 1. The fourth-order valence-corrected chi connectivity index (χ4v) is 5.33. The van der Waals surface area contributed by atoms with Gasteiger partial charge >= 0.3 is 0 Å². The normalized spacial score (nSPS) is 32.7. The van der Waals surface area contributed by atoms with Gasteiger partial charge in [0.25, 0.3) is 0 Å². The minimum atomic E-state index is 0.310. The van der Waals surface area contributed by atoms with Crippen molar-refractivity contribution in [3.05, 3.63) is 20.8 Å². The van der Waals surface area contributed by atoms with Crippen molar-refractivity contribution in [3.8, 4) is 0 Å². The monoisotopic (exact) mass is 328 g/mol. The minimum Gasteiger partial charge on any atom is -0.316 e. The molecule has 100 valence electrons. The standard InChI is InChI=1S/C14H21BrN2S/c1-9(13-4-11(15)8-18-13)17-7-10-5-16-6-12(10)14(17,2)3/h4,8-10,12,16H,5-7H2,1-3H3. The van der Waals surface area contributed by atoms with Gasteiger partial charge in [0, 0.05) is 39.4 Å². The Balaban J connectivity index is 1.84. The van der Waals surface area contributed by atoms with Crippen LogP contribution in [0.1, 0.15) is 31.7 Å². The van der Waals surface area contributed by atoms with Gasteiger partial charge in [0.1, 0.15) is 0 Å². The predicted molar refractivity (Wildman–Crippen MR) is 81.1 cm³/mol. The van der Waals surface area contributed by atoms with Crippen molar-refractivity contribution in [1.82, 2.24) is 10.2 Å². The van der Waals surface area contributed by atoms with Crippen LogP contribution in [-0.2, 0) is 0 Å². The SMILES string of the molecule is CC(c1cc(Br)cs1)N1CC2CNCC2C1(C)C. The first-order chi connectivity index (χ1) is 8.50. The van der Waals surface area contributed by atoms with Gasteiger partial charge in [-0.15, -0.1) is 11.3 Å². The molecule has 0 aliphatic carbocycles. The van der Waals surface area contributed by atoms with Gasteiger partial charge in [-0.3, -0.25) is 4.90 Å². The topological polar surface area (TPSA) is 15.3 Å². The van der Waals surface area contributed by atoms with E-state index in [0.29, 0.717) is 11.6 Å². The Labute approximate surface area is 122 Å². The zero-order valence-corrected chi connectivity index (χ0v) is 13.6. The highest BCUT2D eigenvalue weighted by Gasteiger charge is 2.50. The molecule has 2 nitrogen and oxygen atoms in total. The Bertz CT molecular complexity index is 443. The zero-order valence-electron chi connectivity index (χ0n) is 11.2. The molecule has 0 radical (unpaired) electrons. The lowest BCUT2D eigenvalue weighted by Crippen LogP contribution is -2.45. The van der Waals surface area contributed by atoms with Crippen molar-refractivity contribution in [2.45, 2.75) is 32.4 Å². The van der Waals surface area contributed by atoms with Crippen LogP contribution in [0.3, 0.4) is 0 Å². The van der Waals surface area contributed by atoms with Gasteiger partial charge in [-0.05, 0) is 61.1 Å². The molecule has 3 heterocycles. The lowest BCUT2D eigenvalue weighted by Gasteiger charge is -2.39. The van der Waals surface area contributed by atoms with Crippen LogP contribution in [0.15, 0.2) is 15.9 Å². The first-order valence-electron chi connectivity index (χ1n) is 6.71. The Hall–Kier alpha value is 0.1000. The summed E-state index contributed by atoms with van der Waals surface area (Å²) in [4.78, 5) is 4.18. The Kier molecular flexibility index (Phi) is 3.34. The summed E-state index contributed by atoms with van der Waals surface area (Å²) in [5.41, 5.74) is 0.310. The molecule has 3 rings (SSSR count). The van der Waals surface area contributed by atoms with Crippen LogP contribution in [0.2, 0.25) is 0 Å². The Morgan fingerprint density at radius 2 is 2.28 bits per heavy atom. The van der Waals surface area contributed by atoms with Gasteiger partial charge in [-0.1, -0.05) is 0 Å². The molecule has 1 aromatic rings.